The third-order valence-corrected chi connectivity index (χ3v) is 5.37. The second kappa shape index (κ2) is 5.83. The fourth-order valence-corrected chi connectivity index (χ4v) is 4.02. The number of aliphatic hydroxyl groups is 1. The summed E-state index contributed by atoms with van der Waals surface area (Å²) in [5.41, 5.74) is -1.04. The highest BCUT2D eigenvalue weighted by atomic mass is 16.3. The van der Waals surface area contributed by atoms with E-state index >= 15 is 0 Å². The van der Waals surface area contributed by atoms with E-state index in [1.807, 2.05) is 6.92 Å². The van der Waals surface area contributed by atoms with Crippen LogP contribution >= 0.6 is 0 Å². The van der Waals surface area contributed by atoms with E-state index in [0.717, 1.165) is 25.7 Å². The maximum Gasteiger partial charge on any atom is 0.347 e. The van der Waals surface area contributed by atoms with E-state index in [-0.39, 0.29) is 18.4 Å². The molecule has 2 aliphatic rings. The summed E-state index contributed by atoms with van der Waals surface area (Å²) in [5.74, 6) is 0.483. The third kappa shape index (κ3) is 2.67. The van der Waals surface area contributed by atoms with Crippen molar-refractivity contribution in [3.8, 4) is 0 Å². The summed E-state index contributed by atoms with van der Waals surface area (Å²) >= 11 is 0. The lowest BCUT2D eigenvalue weighted by atomic mass is 9.69. The molecule has 1 saturated carbocycles. The van der Waals surface area contributed by atoms with Crippen molar-refractivity contribution in [2.45, 2.75) is 44.8 Å². The zero-order valence-corrected chi connectivity index (χ0v) is 12.9. The average molecular weight is 305 g/mol. The summed E-state index contributed by atoms with van der Waals surface area (Å²) in [6, 6.07) is 1.65. The van der Waals surface area contributed by atoms with Crippen LogP contribution in [0.1, 0.15) is 32.6 Å². The average Bonchev–Trinajstić information content (AvgIpc) is 2.96. The smallest absolute Gasteiger partial charge is 0.347 e. The number of carbonyl (C=O) groups excluding carboxylic acids is 1. The van der Waals surface area contributed by atoms with Crippen LogP contribution in [0.15, 0.2) is 23.3 Å². The highest BCUT2D eigenvalue weighted by Gasteiger charge is 2.48. The molecule has 1 aromatic rings. The molecular formula is C16H23N3O3. The van der Waals surface area contributed by atoms with Gasteiger partial charge in [-0.25, -0.2) is 9.78 Å². The Morgan fingerprint density at radius 2 is 2.32 bits per heavy atom. The fraction of sp³-hybridized carbons (Fsp3) is 0.688. The number of likely N-dealkylation sites (tertiary alicyclic amines) is 1. The van der Waals surface area contributed by atoms with E-state index in [4.69, 9.17) is 0 Å². The van der Waals surface area contributed by atoms with Crippen molar-refractivity contribution in [2.75, 3.05) is 13.1 Å². The molecule has 1 aromatic heterocycles. The van der Waals surface area contributed by atoms with E-state index in [1.54, 1.807) is 17.2 Å². The standard InChI is InChI=1S/C16H23N3O3/c1-2-16(22)6-3-5-12-9-19(10-13(12)16)14(20)11-18-8-4-7-17-15(18)21/h4,7-8,12-13,22H,2-3,5-6,9-11H2,1H3/t12-,13+,16-/m1/s1. The Labute approximate surface area is 129 Å². The number of fused-ring (bicyclic) bond motifs is 1. The van der Waals surface area contributed by atoms with Crippen LogP contribution in [0.25, 0.3) is 0 Å². The molecule has 1 aliphatic carbocycles. The van der Waals surface area contributed by atoms with Crippen molar-refractivity contribution in [1.29, 1.82) is 0 Å². The van der Waals surface area contributed by atoms with Crippen LogP contribution in [-0.2, 0) is 11.3 Å². The Morgan fingerprint density at radius 3 is 3.05 bits per heavy atom. The maximum absolute atomic E-state index is 12.5. The van der Waals surface area contributed by atoms with Crippen molar-refractivity contribution in [3.05, 3.63) is 28.9 Å². The SMILES string of the molecule is CC[C@@]1(O)CCC[C@@H]2CN(C(=O)Cn3cccnc3=O)C[C@@H]21. The van der Waals surface area contributed by atoms with Crippen molar-refractivity contribution in [3.63, 3.8) is 0 Å². The van der Waals surface area contributed by atoms with Crippen LogP contribution in [0.5, 0.6) is 0 Å². The molecule has 6 nitrogen and oxygen atoms in total. The van der Waals surface area contributed by atoms with Crippen LogP contribution < -0.4 is 5.69 Å². The Morgan fingerprint density at radius 1 is 1.50 bits per heavy atom. The molecular weight excluding hydrogens is 282 g/mol. The van der Waals surface area contributed by atoms with Gasteiger partial charge in [0.15, 0.2) is 0 Å². The summed E-state index contributed by atoms with van der Waals surface area (Å²) in [4.78, 5) is 29.5. The van der Waals surface area contributed by atoms with Gasteiger partial charge in [-0.1, -0.05) is 13.3 Å². The van der Waals surface area contributed by atoms with Crippen molar-refractivity contribution < 1.29 is 9.90 Å². The van der Waals surface area contributed by atoms with Crippen LogP contribution in [-0.4, -0.2) is 44.2 Å². The predicted octanol–water partition coefficient (Wildman–Crippen LogP) is 0.643. The Balaban J connectivity index is 1.71. The molecule has 3 atom stereocenters. The van der Waals surface area contributed by atoms with Gasteiger partial charge < -0.3 is 10.0 Å². The summed E-state index contributed by atoms with van der Waals surface area (Å²) < 4.78 is 1.33. The van der Waals surface area contributed by atoms with Crippen LogP contribution in [0, 0.1) is 11.8 Å². The molecule has 2 fully saturated rings. The predicted molar refractivity (Wildman–Crippen MR) is 81.1 cm³/mol. The minimum absolute atomic E-state index is 0.0245. The lowest BCUT2D eigenvalue weighted by Crippen LogP contribution is -2.45. The Kier molecular flexibility index (Phi) is 4.04. The molecule has 1 N–H and O–H groups in total. The Bertz CT molecular complexity index is 615. The topological polar surface area (TPSA) is 75.4 Å². The number of hydrogen-bond donors (Lipinski definition) is 1. The molecule has 0 aromatic carbocycles. The van der Waals surface area contributed by atoms with Gasteiger partial charge in [-0.05, 0) is 31.2 Å². The van der Waals surface area contributed by atoms with Gasteiger partial charge in [-0.3, -0.25) is 9.36 Å². The molecule has 22 heavy (non-hydrogen) atoms. The fourth-order valence-electron chi connectivity index (χ4n) is 4.02. The minimum Gasteiger partial charge on any atom is -0.390 e. The molecule has 1 amide bonds. The molecule has 120 valence electrons. The minimum atomic E-state index is -0.636. The van der Waals surface area contributed by atoms with Gasteiger partial charge in [-0.2, -0.15) is 0 Å². The number of amides is 1. The lowest BCUT2D eigenvalue weighted by molar-refractivity contribution is -0.131. The maximum atomic E-state index is 12.5. The van der Waals surface area contributed by atoms with Crippen LogP contribution in [0.4, 0.5) is 0 Å². The van der Waals surface area contributed by atoms with E-state index < -0.39 is 11.3 Å². The number of nitrogens with zero attached hydrogens (tertiary/aromatic N) is 3. The first-order valence-electron chi connectivity index (χ1n) is 8.05. The van der Waals surface area contributed by atoms with Gasteiger partial charge in [0.25, 0.3) is 0 Å². The van der Waals surface area contributed by atoms with Gasteiger partial charge in [0.2, 0.25) is 5.91 Å². The molecule has 1 saturated heterocycles. The second-order valence-corrected chi connectivity index (χ2v) is 6.54. The van der Waals surface area contributed by atoms with E-state index in [0.29, 0.717) is 19.0 Å². The zero-order valence-electron chi connectivity index (χ0n) is 12.9. The highest BCUT2D eigenvalue weighted by Crippen LogP contribution is 2.44. The summed E-state index contributed by atoms with van der Waals surface area (Å²) in [6.45, 7) is 3.34. The normalized spacial score (nSPS) is 31.1. The van der Waals surface area contributed by atoms with Crippen molar-refractivity contribution in [1.82, 2.24) is 14.5 Å². The summed E-state index contributed by atoms with van der Waals surface area (Å²) in [6.07, 6.45) is 6.67. The molecule has 0 bridgehead atoms. The van der Waals surface area contributed by atoms with Crippen LogP contribution in [0.2, 0.25) is 0 Å². The van der Waals surface area contributed by atoms with Gasteiger partial charge in [0, 0.05) is 31.4 Å². The first-order chi connectivity index (χ1) is 10.5. The summed E-state index contributed by atoms with van der Waals surface area (Å²) in [7, 11) is 0. The van der Waals surface area contributed by atoms with Crippen molar-refractivity contribution >= 4 is 5.91 Å². The van der Waals surface area contributed by atoms with Gasteiger partial charge in [-0.15, -0.1) is 0 Å². The van der Waals surface area contributed by atoms with Crippen molar-refractivity contribution in [2.24, 2.45) is 11.8 Å². The molecule has 0 unspecified atom stereocenters. The van der Waals surface area contributed by atoms with E-state index in [2.05, 4.69) is 4.98 Å². The van der Waals surface area contributed by atoms with Gasteiger partial charge >= 0.3 is 5.69 Å². The number of carbonyl (C=O) groups is 1. The molecule has 0 radical (unpaired) electrons. The van der Waals surface area contributed by atoms with E-state index in [9.17, 15) is 14.7 Å². The van der Waals surface area contributed by atoms with Gasteiger partial charge in [0.1, 0.15) is 6.54 Å². The first-order valence-corrected chi connectivity index (χ1v) is 8.05. The third-order valence-electron chi connectivity index (χ3n) is 5.37. The Hall–Kier alpha value is -1.69. The number of rotatable bonds is 3. The van der Waals surface area contributed by atoms with Crippen LogP contribution in [0.3, 0.4) is 0 Å². The quantitative estimate of drug-likeness (QED) is 0.889. The molecule has 1 aliphatic heterocycles. The first kappa shape index (κ1) is 15.2. The van der Waals surface area contributed by atoms with Gasteiger partial charge in [0.05, 0.1) is 5.60 Å². The lowest BCUT2D eigenvalue weighted by Gasteiger charge is -2.40. The monoisotopic (exact) mass is 305 g/mol. The largest absolute Gasteiger partial charge is 0.390 e. The second-order valence-electron chi connectivity index (χ2n) is 6.54. The van der Waals surface area contributed by atoms with E-state index in [1.165, 1.54) is 10.8 Å². The number of aromatic nitrogens is 2. The molecule has 2 heterocycles. The number of hydrogen-bond acceptors (Lipinski definition) is 4. The molecule has 3 rings (SSSR count). The molecule has 6 heteroatoms. The zero-order chi connectivity index (χ0) is 15.7. The molecule has 0 spiro atoms. The summed E-state index contributed by atoms with van der Waals surface area (Å²) in [5, 5.41) is 10.8. The highest BCUT2D eigenvalue weighted by molar-refractivity contribution is 5.76.